The summed E-state index contributed by atoms with van der Waals surface area (Å²) in [5.41, 5.74) is 0. The summed E-state index contributed by atoms with van der Waals surface area (Å²) in [4.78, 5) is 13.4. The van der Waals surface area contributed by atoms with E-state index in [2.05, 4.69) is 11.8 Å². The first-order valence-corrected chi connectivity index (χ1v) is 7.67. The molecule has 0 amide bonds. The third kappa shape index (κ3) is 3.47. The van der Waals surface area contributed by atoms with E-state index >= 15 is 0 Å². The summed E-state index contributed by atoms with van der Waals surface area (Å²) >= 11 is 0. The molecular formula is C15H27NO2. The van der Waals surface area contributed by atoms with Gasteiger partial charge in [-0.2, -0.15) is 0 Å². The van der Waals surface area contributed by atoms with Crippen LogP contribution in [0.15, 0.2) is 0 Å². The van der Waals surface area contributed by atoms with Gasteiger partial charge in [0.05, 0.1) is 0 Å². The lowest BCUT2D eigenvalue weighted by molar-refractivity contribution is -0.142. The van der Waals surface area contributed by atoms with Crippen molar-refractivity contribution in [2.45, 2.75) is 64.3 Å². The average Bonchev–Trinajstić information content (AvgIpc) is 2.80. The standard InChI is InChI=1S/C15H27NO2/c1-2-4-12-6-8-13(9-7-12)11-16-10-3-5-14(16)15(17)18/h12-14H,2-11H2,1H3,(H,17,18)/t12?,13?,14-/m1/s1. The molecule has 1 saturated heterocycles. The molecule has 0 unspecified atom stereocenters. The van der Waals surface area contributed by atoms with Gasteiger partial charge < -0.3 is 5.11 Å². The Hall–Kier alpha value is -0.570. The van der Waals surface area contributed by atoms with Crippen LogP contribution in [0.5, 0.6) is 0 Å². The molecular weight excluding hydrogens is 226 g/mol. The molecule has 1 N–H and O–H groups in total. The van der Waals surface area contributed by atoms with Crippen molar-refractivity contribution in [3.05, 3.63) is 0 Å². The largest absolute Gasteiger partial charge is 0.480 e. The molecule has 3 nitrogen and oxygen atoms in total. The number of rotatable bonds is 5. The van der Waals surface area contributed by atoms with Gasteiger partial charge in [-0.05, 0) is 44.1 Å². The van der Waals surface area contributed by atoms with Gasteiger partial charge in [-0.25, -0.2) is 0 Å². The van der Waals surface area contributed by atoms with E-state index in [9.17, 15) is 9.90 Å². The zero-order valence-corrected chi connectivity index (χ0v) is 11.6. The maximum absolute atomic E-state index is 11.1. The summed E-state index contributed by atoms with van der Waals surface area (Å²) < 4.78 is 0. The Morgan fingerprint density at radius 3 is 2.44 bits per heavy atom. The van der Waals surface area contributed by atoms with Crippen molar-refractivity contribution in [2.24, 2.45) is 11.8 Å². The van der Waals surface area contributed by atoms with Crippen molar-refractivity contribution in [3.63, 3.8) is 0 Å². The zero-order chi connectivity index (χ0) is 13.0. The van der Waals surface area contributed by atoms with Gasteiger partial charge >= 0.3 is 5.97 Å². The molecule has 3 heteroatoms. The summed E-state index contributed by atoms with van der Waals surface area (Å²) in [5, 5.41) is 9.18. The minimum absolute atomic E-state index is 0.196. The summed E-state index contributed by atoms with van der Waals surface area (Å²) in [6.07, 6.45) is 9.95. The monoisotopic (exact) mass is 253 g/mol. The van der Waals surface area contributed by atoms with Crippen LogP contribution in [0.2, 0.25) is 0 Å². The topological polar surface area (TPSA) is 40.5 Å². The zero-order valence-electron chi connectivity index (χ0n) is 11.6. The highest BCUT2D eigenvalue weighted by Gasteiger charge is 2.32. The average molecular weight is 253 g/mol. The highest BCUT2D eigenvalue weighted by molar-refractivity contribution is 5.73. The van der Waals surface area contributed by atoms with E-state index in [1.54, 1.807) is 0 Å². The van der Waals surface area contributed by atoms with Gasteiger partial charge in [-0.3, -0.25) is 9.69 Å². The molecule has 0 aromatic heterocycles. The number of nitrogens with zero attached hydrogens (tertiary/aromatic N) is 1. The minimum atomic E-state index is -0.618. The molecule has 18 heavy (non-hydrogen) atoms. The van der Waals surface area contributed by atoms with E-state index in [1.165, 1.54) is 38.5 Å². The first-order valence-electron chi connectivity index (χ1n) is 7.67. The van der Waals surface area contributed by atoms with Crippen LogP contribution in [0.4, 0.5) is 0 Å². The van der Waals surface area contributed by atoms with Crippen molar-refractivity contribution in [1.29, 1.82) is 0 Å². The van der Waals surface area contributed by atoms with Crippen molar-refractivity contribution in [3.8, 4) is 0 Å². The van der Waals surface area contributed by atoms with Gasteiger partial charge in [0.1, 0.15) is 6.04 Å². The Kier molecular flexibility index (Phi) is 5.04. The second-order valence-corrected chi connectivity index (χ2v) is 6.17. The molecule has 0 aromatic rings. The normalized spacial score (nSPS) is 33.7. The van der Waals surface area contributed by atoms with E-state index < -0.39 is 5.97 Å². The Morgan fingerprint density at radius 2 is 1.83 bits per heavy atom. The lowest BCUT2D eigenvalue weighted by Gasteiger charge is -2.32. The molecule has 1 aliphatic carbocycles. The second-order valence-electron chi connectivity index (χ2n) is 6.17. The first-order chi connectivity index (χ1) is 8.70. The number of carbonyl (C=O) groups is 1. The van der Waals surface area contributed by atoms with E-state index in [1.807, 2.05) is 0 Å². The highest BCUT2D eigenvalue weighted by Crippen LogP contribution is 2.33. The third-order valence-electron chi connectivity index (χ3n) is 4.80. The molecule has 104 valence electrons. The quantitative estimate of drug-likeness (QED) is 0.818. The van der Waals surface area contributed by atoms with Crippen LogP contribution < -0.4 is 0 Å². The number of aliphatic carboxylic acids is 1. The van der Waals surface area contributed by atoms with E-state index in [-0.39, 0.29) is 6.04 Å². The lowest BCUT2D eigenvalue weighted by Crippen LogP contribution is -2.39. The van der Waals surface area contributed by atoms with Crippen molar-refractivity contribution < 1.29 is 9.90 Å². The first kappa shape index (κ1) is 13.9. The molecule has 0 radical (unpaired) electrons. The SMILES string of the molecule is CCCC1CCC(CN2CCC[C@@H]2C(=O)O)CC1. The number of carboxylic acid groups (broad SMARTS) is 1. The van der Waals surface area contributed by atoms with E-state index in [0.717, 1.165) is 37.8 Å². The molecule has 1 heterocycles. The van der Waals surface area contributed by atoms with Crippen LogP contribution in [-0.4, -0.2) is 35.1 Å². The molecule has 0 aromatic carbocycles. The number of carboxylic acids is 1. The van der Waals surface area contributed by atoms with Gasteiger partial charge in [0.2, 0.25) is 0 Å². The lowest BCUT2D eigenvalue weighted by atomic mass is 9.80. The summed E-state index contributed by atoms with van der Waals surface area (Å²) in [6.45, 7) is 4.29. The van der Waals surface area contributed by atoms with Gasteiger partial charge in [0, 0.05) is 6.54 Å². The maximum Gasteiger partial charge on any atom is 0.320 e. The van der Waals surface area contributed by atoms with Crippen molar-refractivity contribution in [1.82, 2.24) is 4.90 Å². The Bertz CT molecular complexity index is 272. The van der Waals surface area contributed by atoms with Crippen molar-refractivity contribution in [2.75, 3.05) is 13.1 Å². The van der Waals surface area contributed by atoms with Crippen LogP contribution in [0.25, 0.3) is 0 Å². The molecule has 1 atom stereocenters. The number of likely N-dealkylation sites (tertiary alicyclic amines) is 1. The molecule has 2 rings (SSSR count). The van der Waals surface area contributed by atoms with Gasteiger partial charge in [0.15, 0.2) is 0 Å². The Labute approximate surface area is 111 Å². The van der Waals surface area contributed by atoms with Crippen LogP contribution in [0.3, 0.4) is 0 Å². The molecule has 0 bridgehead atoms. The summed E-state index contributed by atoms with van der Waals surface area (Å²) in [5.74, 6) is 1.07. The molecule has 0 spiro atoms. The van der Waals surface area contributed by atoms with Gasteiger partial charge in [-0.1, -0.05) is 32.6 Å². The van der Waals surface area contributed by atoms with Crippen LogP contribution >= 0.6 is 0 Å². The van der Waals surface area contributed by atoms with Gasteiger partial charge in [0.25, 0.3) is 0 Å². The van der Waals surface area contributed by atoms with Crippen LogP contribution in [-0.2, 0) is 4.79 Å². The molecule has 2 fully saturated rings. The molecule has 1 saturated carbocycles. The second kappa shape index (κ2) is 6.55. The molecule has 2 aliphatic rings. The smallest absolute Gasteiger partial charge is 0.320 e. The summed E-state index contributed by atoms with van der Waals surface area (Å²) in [6, 6.07) is -0.196. The Balaban J connectivity index is 1.75. The van der Waals surface area contributed by atoms with E-state index in [4.69, 9.17) is 0 Å². The van der Waals surface area contributed by atoms with E-state index in [0.29, 0.717) is 0 Å². The Morgan fingerprint density at radius 1 is 1.17 bits per heavy atom. The maximum atomic E-state index is 11.1. The minimum Gasteiger partial charge on any atom is -0.480 e. The fourth-order valence-electron chi connectivity index (χ4n) is 3.77. The third-order valence-corrected chi connectivity index (χ3v) is 4.80. The van der Waals surface area contributed by atoms with Crippen molar-refractivity contribution >= 4 is 5.97 Å². The highest BCUT2D eigenvalue weighted by atomic mass is 16.4. The fourth-order valence-corrected chi connectivity index (χ4v) is 3.77. The van der Waals surface area contributed by atoms with Crippen LogP contribution in [0, 0.1) is 11.8 Å². The summed E-state index contributed by atoms with van der Waals surface area (Å²) in [7, 11) is 0. The van der Waals surface area contributed by atoms with Gasteiger partial charge in [-0.15, -0.1) is 0 Å². The number of hydrogen-bond donors (Lipinski definition) is 1. The predicted octanol–water partition coefficient (Wildman–Crippen LogP) is 3.14. The molecule has 1 aliphatic heterocycles. The fraction of sp³-hybridized carbons (Fsp3) is 0.933. The number of hydrogen-bond acceptors (Lipinski definition) is 2. The van der Waals surface area contributed by atoms with Crippen LogP contribution in [0.1, 0.15) is 58.3 Å². The predicted molar refractivity (Wildman–Crippen MR) is 72.6 cm³/mol.